The van der Waals surface area contributed by atoms with E-state index in [0.29, 0.717) is 0 Å². The van der Waals surface area contributed by atoms with Crippen LogP contribution in [0, 0.1) is 0 Å². The van der Waals surface area contributed by atoms with Crippen molar-refractivity contribution in [2.45, 2.75) is 141 Å². The zero-order valence-electron chi connectivity index (χ0n) is 20.6. The molecule has 4 nitrogen and oxygen atoms in total. The van der Waals surface area contributed by atoms with Gasteiger partial charge in [-0.2, -0.15) is 5.90 Å². The molecule has 3 rings (SSSR count). The summed E-state index contributed by atoms with van der Waals surface area (Å²) in [6, 6.07) is 0. The van der Waals surface area contributed by atoms with Crippen molar-refractivity contribution < 1.29 is 4.84 Å². The minimum atomic E-state index is 0.768. The fraction of sp³-hybridized carbons (Fsp3) is 0.786. The molecule has 0 spiro atoms. The van der Waals surface area contributed by atoms with Gasteiger partial charge in [0.1, 0.15) is 5.82 Å². The molecule has 0 saturated heterocycles. The Morgan fingerprint density at radius 3 is 1.31 bits per heavy atom. The number of nitrogens with one attached hydrogen (secondary N) is 2. The van der Waals surface area contributed by atoms with E-state index in [9.17, 15) is 0 Å². The van der Waals surface area contributed by atoms with Gasteiger partial charge in [0.05, 0.1) is 5.70 Å². The van der Waals surface area contributed by atoms with E-state index in [1.165, 1.54) is 140 Å². The molecule has 0 amide bonds. The molecule has 182 valence electrons. The Balaban J connectivity index is 1.77. The molecular formula is C28H49N3O. The monoisotopic (exact) mass is 443 g/mol. The van der Waals surface area contributed by atoms with Crippen LogP contribution in [0.15, 0.2) is 34.6 Å². The standard InChI is InChI=1S/C28H49N3O/c29-32-26-23-30-28(25-21-17-13-9-5-2-6-10-14-18-22-25)31-27(26)24-19-15-11-7-3-1-4-8-12-16-20-24/h23,30-31H,1-22,29H2. The molecule has 1 aliphatic heterocycles. The molecule has 32 heavy (non-hydrogen) atoms. The van der Waals surface area contributed by atoms with Crippen LogP contribution in [0.5, 0.6) is 0 Å². The van der Waals surface area contributed by atoms with E-state index >= 15 is 0 Å². The molecule has 1 heterocycles. The minimum Gasteiger partial charge on any atom is -0.408 e. The summed E-state index contributed by atoms with van der Waals surface area (Å²) in [5, 5.41) is 7.30. The second-order valence-electron chi connectivity index (χ2n) is 10.2. The molecule has 3 aliphatic rings. The van der Waals surface area contributed by atoms with Crippen molar-refractivity contribution in [1.82, 2.24) is 10.6 Å². The van der Waals surface area contributed by atoms with E-state index in [2.05, 4.69) is 10.6 Å². The first-order valence-corrected chi connectivity index (χ1v) is 13.9. The van der Waals surface area contributed by atoms with Crippen LogP contribution in [0.4, 0.5) is 0 Å². The van der Waals surface area contributed by atoms with Gasteiger partial charge in [0.15, 0.2) is 5.76 Å². The molecule has 0 radical (unpaired) electrons. The van der Waals surface area contributed by atoms with Gasteiger partial charge in [-0.25, -0.2) is 0 Å². The topological polar surface area (TPSA) is 59.3 Å². The lowest BCUT2D eigenvalue weighted by molar-refractivity contribution is 0.220. The predicted molar refractivity (Wildman–Crippen MR) is 135 cm³/mol. The summed E-state index contributed by atoms with van der Waals surface area (Å²) in [7, 11) is 0. The maximum absolute atomic E-state index is 5.71. The summed E-state index contributed by atoms with van der Waals surface area (Å²) in [6.07, 6.45) is 31.3. The molecule has 4 heteroatoms. The summed E-state index contributed by atoms with van der Waals surface area (Å²) in [5.74, 6) is 7.69. The van der Waals surface area contributed by atoms with Crippen molar-refractivity contribution in [2.24, 2.45) is 5.90 Å². The van der Waals surface area contributed by atoms with Gasteiger partial charge >= 0.3 is 0 Å². The number of allylic oxidation sites excluding steroid dienone is 2. The van der Waals surface area contributed by atoms with Crippen LogP contribution in [0.3, 0.4) is 0 Å². The van der Waals surface area contributed by atoms with Gasteiger partial charge in [0, 0.05) is 6.20 Å². The average Bonchev–Trinajstić information content (AvgIpc) is 2.80. The van der Waals surface area contributed by atoms with Gasteiger partial charge < -0.3 is 15.5 Å². The van der Waals surface area contributed by atoms with Crippen LogP contribution in [-0.2, 0) is 4.84 Å². The summed E-state index contributed by atoms with van der Waals surface area (Å²) < 4.78 is 0. The Bertz CT molecular complexity index is 607. The first-order valence-electron chi connectivity index (χ1n) is 13.9. The molecule has 4 N–H and O–H groups in total. The van der Waals surface area contributed by atoms with E-state index < -0.39 is 0 Å². The third-order valence-electron chi connectivity index (χ3n) is 7.59. The third-order valence-corrected chi connectivity index (χ3v) is 7.59. The lowest BCUT2D eigenvalue weighted by Crippen LogP contribution is -2.33. The van der Waals surface area contributed by atoms with Crippen LogP contribution in [0.1, 0.15) is 141 Å². The summed E-state index contributed by atoms with van der Waals surface area (Å²) in [6.45, 7) is 0. The molecule has 0 aromatic rings. The van der Waals surface area contributed by atoms with Crippen LogP contribution in [0.2, 0.25) is 0 Å². The summed E-state index contributed by atoms with van der Waals surface area (Å²) >= 11 is 0. The minimum absolute atomic E-state index is 0.768. The molecular weight excluding hydrogens is 394 g/mol. The SMILES string of the molecule is NOC1=CNC(=C2CCCCCCCCCCC2)NC1=C1CCCCCCCCCCC1. The van der Waals surface area contributed by atoms with Crippen LogP contribution in [0.25, 0.3) is 0 Å². The first kappa shape index (κ1) is 25.2. The van der Waals surface area contributed by atoms with Crippen LogP contribution >= 0.6 is 0 Å². The quantitative estimate of drug-likeness (QED) is 0.359. The number of hydrogen-bond acceptors (Lipinski definition) is 4. The number of rotatable bonds is 1. The van der Waals surface area contributed by atoms with Gasteiger partial charge in [-0.1, -0.05) is 89.9 Å². The van der Waals surface area contributed by atoms with Gasteiger partial charge in [-0.15, -0.1) is 0 Å². The highest BCUT2D eigenvalue weighted by atomic mass is 16.6. The molecule has 2 saturated carbocycles. The zero-order chi connectivity index (χ0) is 22.3. The zero-order valence-corrected chi connectivity index (χ0v) is 20.6. The Labute approximate surface area is 197 Å². The van der Waals surface area contributed by atoms with Gasteiger partial charge in [-0.05, 0) is 62.5 Å². The van der Waals surface area contributed by atoms with Gasteiger partial charge in [-0.3, -0.25) is 0 Å². The van der Waals surface area contributed by atoms with Crippen molar-refractivity contribution in [3.05, 3.63) is 34.6 Å². The molecule has 0 atom stereocenters. The second kappa shape index (κ2) is 15.4. The number of hydrogen-bond donors (Lipinski definition) is 3. The van der Waals surface area contributed by atoms with E-state index in [1.54, 1.807) is 5.57 Å². The van der Waals surface area contributed by atoms with Crippen molar-refractivity contribution in [2.75, 3.05) is 0 Å². The molecule has 2 aliphatic carbocycles. The van der Waals surface area contributed by atoms with Gasteiger partial charge in [0.25, 0.3) is 0 Å². The highest BCUT2D eigenvalue weighted by molar-refractivity contribution is 5.37. The Kier molecular flexibility index (Phi) is 12.1. The molecule has 0 bridgehead atoms. The second-order valence-corrected chi connectivity index (χ2v) is 10.2. The fourth-order valence-corrected chi connectivity index (χ4v) is 5.56. The Hall–Kier alpha value is -1.42. The van der Waals surface area contributed by atoms with Crippen molar-refractivity contribution in [1.29, 1.82) is 0 Å². The fourth-order valence-electron chi connectivity index (χ4n) is 5.56. The lowest BCUT2D eigenvalue weighted by Gasteiger charge is -2.27. The largest absolute Gasteiger partial charge is 0.408 e. The van der Waals surface area contributed by atoms with E-state index in [-0.39, 0.29) is 0 Å². The first-order chi connectivity index (χ1) is 15.9. The van der Waals surface area contributed by atoms with Crippen LogP contribution < -0.4 is 16.5 Å². The summed E-state index contributed by atoms with van der Waals surface area (Å²) in [5.41, 5.74) is 4.22. The van der Waals surface area contributed by atoms with Gasteiger partial charge in [0.2, 0.25) is 0 Å². The molecule has 0 aromatic carbocycles. The number of nitrogens with two attached hydrogens (primary N) is 1. The summed E-state index contributed by atoms with van der Waals surface area (Å²) in [4.78, 5) is 5.33. The molecule has 2 fully saturated rings. The van der Waals surface area contributed by atoms with E-state index in [0.717, 1.165) is 24.3 Å². The van der Waals surface area contributed by atoms with Crippen LogP contribution in [-0.4, -0.2) is 0 Å². The lowest BCUT2D eigenvalue weighted by atomic mass is 9.94. The van der Waals surface area contributed by atoms with E-state index in [4.69, 9.17) is 10.7 Å². The highest BCUT2D eigenvalue weighted by Gasteiger charge is 2.21. The predicted octanol–water partition coefficient (Wildman–Crippen LogP) is 7.99. The highest BCUT2D eigenvalue weighted by Crippen LogP contribution is 2.29. The normalized spacial score (nSPS) is 24.0. The Morgan fingerprint density at radius 2 is 0.906 bits per heavy atom. The maximum Gasteiger partial charge on any atom is 0.186 e. The molecule has 0 unspecified atom stereocenters. The smallest absolute Gasteiger partial charge is 0.186 e. The molecule has 0 aromatic heterocycles. The van der Waals surface area contributed by atoms with Crippen molar-refractivity contribution in [3.8, 4) is 0 Å². The van der Waals surface area contributed by atoms with E-state index in [1.807, 2.05) is 6.20 Å². The van der Waals surface area contributed by atoms with Crippen molar-refractivity contribution >= 4 is 0 Å². The Morgan fingerprint density at radius 1 is 0.531 bits per heavy atom. The van der Waals surface area contributed by atoms with Crippen molar-refractivity contribution in [3.63, 3.8) is 0 Å². The average molecular weight is 444 g/mol. The maximum atomic E-state index is 5.71. The third kappa shape index (κ3) is 8.84.